The summed E-state index contributed by atoms with van der Waals surface area (Å²) in [5, 5.41) is 3.15. The molecule has 3 N–H and O–H groups in total. The molecule has 20 heavy (non-hydrogen) atoms. The molecule has 0 aromatic heterocycles. The van der Waals surface area contributed by atoms with Gasteiger partial charge in [-0.1, -0.05) is 13.8 Å². The van der Waals surface area contributed by atoms with Crippen LogP contribution < -0.4 is 11.1 Å². The van der Waals surface area contributed by atoms with Crippen molar-refractivity contribution < 1.29 is 9.53 Å². The van der Waals surface area contributed by atoms with Crippen molar-refractivity contribution in [2.24, 2.45) is 11.1 Å². The van der Waals surface area contributed by atoms with Crippen LogP contribution in [0.3, 0.4) is 0 Å². The first-order valence-electron chi connectivity index (χ1n) is 7.72. The average molecular weight is 302 g/mol. The molecule has 1 saturated carbocycles. The fourth-order valence-electron chi connectivity index (χ4n) is 3.24. The van der Waals surface area contributed by atoms with Crippen LogP contribution in [0.1, 0.15) is 46.5 Å². The predicted molar refractivity (Wildman–Crippen MR) is 86.0 cm³/mol. The fourth-order valence-corrected chi connectivity index (χ4v) is 3.73. The van der Waals surface area contributed by atoms with Crippen molar-refractivity contribution in [1.29, 1.82) is 0 Å². The van der Waals surface area contributed by atoms with E-state index in [9.17, 15) is 4.79 Å². The molecule has 2 unspecified atom stereocenters. The third-order valence-electron chi connectivity index (χ3n) is 4.76. The van der Waals surface area contributed by atoms with Gasteiger partial charge < -0.3 is 15.8 Å². The number of hydrogen-bond acceptors (Lipinski definition) is 4. The zero-order valence-corrected chi connectivity index (χ0v) is 14.1. The maximum Gasteiger partial charge on any atom is 0.237 e. The van der Waals surface area contributed by atoms with E-state index in [0.717, 1.165) is 38.0 Å². The van der Waals surface area contributed by atoms with E-state index in [1.165, 1.54) is 0 Å². The monoisotopic (exact) mass is 302 g/mol. The third kappa shape index (κ3) is 3.68. The van der Waals surface area contributed by atoms with Crippen LogP contribution in [0.15, 0.2) is 0 Å². The highest BCUT2D eigenvalue weighted by atomic mass is 32.2. The van der Waals surface area contributed by atoms with Gasteiger partial charge in [-0.15, -0.1) is 0 Å². The van der Waals surface area contributed by atoms with Gasteiger partial charge in [-0.2, -0.15) is 11.8 Å². The van der Waals surface area contributed by atoms with E-state index in [1.807, 2.05) is 13.2 Å². The SMILES string of the molecule is CCOC1CC(NC(=O)[C@@H](N)CCSC)C1(CC)CC. The van der Waals surface area contributed by atoms with Crippen LogP contribution >= 0.6 is 11.8 Å². The molecule has 0 bridgehead atoms. The van der Waals surface area contributed by atoms with Gasteiger partial charge in [-0.3, -0.25) is 4.79 Å². The molecule has 0 radical (unpaired) electrons. The molecule has 5 heteroatoms. The lowest BCUT2D eigenvalue weighted by Crippen LogP contribution is -2.65. The van der Waals surface area contributed by atoms with Gasteiger partial charge in [-0.05, 0) is 44.6 Å². The van der Waals surface area contributed by atoms with Crippen LogP contribution in [-0.2, 0) is 9.53 Å². The second-order valence-corrected chi connectivity index (χ2v) is 6.55. The van der Waals surface area contributed by atoms with Gasteiger partial charge in [0.1, 0.15) is 0 Å². The molecule has 1 aliphatic rings. The summed E-state index contributed by atoms with van der Waals surface area (Å²) in [4.78, 5) is 12.2. The van der Waals surface area contributed by atoms with Gasteiger partial charge in [-0.25, -0.2) is 0 Å². The van der Waals surface area contributed by atoms with Gasteiger partial charge in [0.15, 0.2) is 0 Å². The molecule has 0 spiro atoms. The minimum Gasteiger partial charge on any atom is -0.378 e. The first-order chi connectivity index (χ1) is 9.55. The van der Waals surface area contributed by atoms with Gasteiger partial charge in [0.25, 0.3) is 0 Å². The molecular formula is C15H30N2O2S. The topological polar surface area (TPSA) is 64.3 Å². The molecular weight excluding hydrogens is 272 g/mol. The normalized spacial score (nSPS) is 25.9. The first-order valence-corrected chi connectivity index (χ1v) is 9.11. The fraction of sp³-hybridized carbons (Fsp3) is 0.933. The largest absolute Gasteiger partial charge is 0.378 e. The van der Waals surface area contributed by atoms with E-state index in [1.54, 1.807) is 11.8 Å². The van der Waals surface area contributed by atoms with Gasteiger partial charge in [0.2, 0.25) is 5.91 Å². The Morgan fingerprint density at radius 1 is 1.45 bits per heavy atom. The molecule has 0 heterocycles. The van der Waals surface area contributed by atoms with Gasteiger partial charge in [0, 0.05) is 18.1 Å². The van der Waals surface area contributed by atoms with E-state index >= 15 is 0 Å². The summed E-state index contributed by atoms with van der Waals surface area (Å²) in [6, 6.07) is -0.179. The van der Waals surface area contributed by atoms with Crippen LogP contribution in [0, 0.1) is 5.41 Å². The van der Waals surface area contributed by atoms with Crippen molar-refractivity contribution in [1.82, 2.24) is 5.32 Å². The summed E-state index contributed by atoms with van der Waals surface area (Å²) in [5.74, 6) is 0.915. The van der Waals surface area contributed by atoms with Crippen molar-refractivity contribution in [3.63, 3.8) is 0 Å². The number of carbonyl (C=O) groups is 1. The molecule has 118 valence electrons. The lowest BCUT2D eigenvalue weighted by Gasteiger charge is -2.55. The first kappa shape index (κ1) is 17.8. The summed E-state index contributed by atoms with van der Waals surface area (Å²) < 4.78 is 5.83. The van der Waals surface area contributed by atoms with Crippen molar-refractivity contribution >= 4 is 17.7 Å². The predicted octanol–water partition coefficient (Wildman–Crippen LogP) is 2.17. The summed E-state index contributed by atoms with van der Waals surface area (Å²) in [5.41, 5.74) is 6.03. The van der Waals surface area contributed by atoms with Crippen LogP contribution in [0.25, 0.3) is 0 Å². The van der Waals surface area contributed by atoms with E-state index in [-0.39, 0.29) is 29.5 Å². The highest BCUT2D eigenvalue weighted by molar-refractivity contribution is 7.98. The molecule has 3 atom stereocenters. The Labute approximate surface area is 127 Å². The summed E-state index contributed by atoms with van der Waals surface area (Å²) >= 11 is 1.72. The lowest BCUT2D eigenvalue weighted by molar-refractivity contribution is -0.149. The third-order valence-corrected chi connectivity index (χ3v) is 5.40. The number of hydrogen-bond donors (Lipinski definition) is 2. The Morgan fingerprint density at radius 3 is 2.60 bits per heavy atom. The number of carbonyl (C=O) groups excluding carboxylic acids is 1. The maximum absolute atomic E-state index is 12.2. The van der Waals surface area contributed by atoms with Crippen molar-refractivity contribution in [3.8, 4) is 0 Å². The number of rotatable bonds is 9. The Bertz CT molecular complexity index is 308. The molecule has 1 rings (SSSR count). The molecule has 1 amide bonds. The molecule has 0 aromatic rings. The minimum atomic E-state index is -0.389. The van der Waals surface area contributed by atoms with Gasteiger partial charge >= 0.3 is 0 Å². The zero-order valence-electron chi connectivity index (χ0n) is 13.3. The Morgan fingerprint density at radius 2 is 2.10 bits per heavy atom. The summed E-state index contributed by atoms with van der Waals surface area (Å²) in [6.07, 6.45) is 6.01. The van der Waals surface area contributed by atoms with Crippen LogP contribution in [0.4, 0.5) is 0 Å². The quantitative estimate of drug-likeness (QED) is 0.685. The number of nitrogens with one attached hydrogen (secondary N) is 1. The lowest BCUT2D eigenvalue weighted by atomic mass is 9.58. The summed E-state index contributed by atoms with van der Waals surface area (Å²) in [6.45, 7) is 7.13. The number of ether oxygens (including phenoxy) is 1. The Kier molecular flexibility index (Phi) is 7.34. The molecule has 0 aliphatic heterocycles. The second kappa shape index (κ2) is 8.25. The van der Waals surface area contributed by atoms with E-state index < -0.39 is 0 Å². The molecule has 4 nitrogen and oxygen atoms in total. The number of nitrogens with two attached hydrogens (primary N) is 1. The standard InChI is InChI=1S/C15H30N2O2S/c1-5-15(6-2)12(10-13(15)19-7-3)17-14(18)11(16)8-9-20-4/h11-13H,5-10,16H2,1-4H3,(H,17,18)/t11-,12?,13?/m0/s1. The molecule has 0 aromatic carbocycles. The Balaban J connectivity index is 2.57. The van der Waals surface area contributed by atoms with Crippen LogP contribution in [0.5, 0.6) is 0 Å². The van der Waals surface area contributed by atoms with E-state index in [4.69, 9.17) is 10.5 Å². The Hall–Kier alpha value is -0.260. The molecule has 1 aliphatic carbocycles. The molecule has 0 saturated heterocycles. The van der Waals surface area contributed by atoms with E-state index in [0.29, 0.717) is 0 Å². The van der Waals surface area contributed by atoms with E-state index in [2.05, 4.69) is 19.2 Å². The van der Waals surface area contributed by atoms with Crippen LogP contribution in [0.2, 0.25) is 0 Å². The minimum absolute atomic E-state index is 0.00901. The number of thioether (sulfide) groups is 1. The second-order valence-electron chi connectivity index (χ2n) is 5.57. The highest BCUT2D eigenvalue weighted by Gasteiger charge is 2.53. The van der Waals surface area contributed by atoms with Crippen molar-refractivity contribution in [2.45, 2.75) is 64.6 Å². The maximum atomic E-state index is 12.2. The van der Waals surface area contributed by atoms with Crippen molar-refractivity contribution in [2.75, 3.05) is 18.6 Å². The number of amides is 1. The smallest absolute Gasteiger partial charge is 0.237 e. The zero-order chi connectivity index (χ0) is 15.2. The van der Waals surface area contributed by atoms with Crippen LogP contribution in [-0.4, -0.2) is 42.7 Å². The molecule has 1 fully saturated rings. The average Bonchev–Trinajstić information content (AvgIpc) is 2.44. The van der Waals surface area contributed by atoms with Crippen molar-refractivity contribution in [3.05, 3.63) is 0 Å². The van der Waals surface area contributed by atoms with Gasteiger partial charge in [0.05, 0.1) is 12.1 Å². The highest BCUT2D eigenvalue weighted by Crippen LogP contribution is 2.48. The summed E-state index contributed by atoms with van der Waals surface area (Å²) in [7, 11) is 0.